The number of hydrogen-bond acceptors (Lipinski definition) is 2. The molecule has 3 nitrogen and oxygen atoms in total. The predicted octanol–water partition coefficient (Wildman–Crippen LogP) is 4.01. The van der Waals surface area contributed by atoms with Crippen molar-refractivity contribution in [3.8, 4) is 0 Å². The first-order valence-corrected chi connectivity index (χ1v) is 9.19. The fraction of sp³-hybridized carbons (Fsp3) is 0.409. The molecule has 2 aromatic rings. The maximum atomic E-state index is 12.8. The van der Waals surface area contributed by atoms with E-state index in [1.807, 2.05) is 14.0 Å². The van der Waals surface area contributed by atoms with Crippen molar-refractivity contribution in [3.63, 3.8) is 0 Å². The summed E-state index contributed by atoms with van der Waals surface area (Å²) in [6.45, 7) is 4.89. The van der Waals surface area contributed by atoms with Crippen molar-refractivity contribution in [2.75, 3.05) is 7.05 Å². The number of amides is 1. The molecule has 0 bridgehead atoms. The van der Waals surface area contributed by atoms with Crippen molar-refractivity contribution < 1.29 is 4.79 Å². The largest absolute Gasteiger partial charge is 0.348 e. The molecule has 0 fully saturated rings. The molecule has 0 aliphatic heterocycles. The molecule has 25 heavy (non-hydrogen) atoms. The van der Waals surface area contributed by atoms with Gasteiger partial charge in [0, 0.05) is 6.54 Å². The molecule has 1 aliphatic rings. The van der Waals surface area contributed by atoms with Crippen molar-refractivity contribution in [2.45, 2.75) is 51.7 Å². The summed E-state index contributed by atoms with van der Waals surface area (Å²) in [7, 11) is 2.02. The van der Waals surface area contributed by atoms with Gasteiger partial charge >= 0.3 is 0 Å². The van der Waals surface area contributed by atoms with Crippen molar-refractivity contribution in [3.05, 3.63) is 70.8 Å². The van der Waals surface area contributed by atoms with Crippen LogP contribution in [0.2, 0.25) is 0 Å². The van der Waals surface area contributed by atoms with Crippen LogP contribution in [0.5, 0.6) is 0 Å². The third kappa shape index (κ3) is 4.10. The number of nitrogens with zero attached hydrogens (tertiary/aromatic N) is 1. The number of likely N-dealkylation sites (N-methyl/N-ethyl adjacent to an activating group) is 1. The number of carbonyl (C=O) groups excluding carboxylic acids is 1. The molecule has 0 radical (unpaired) electrons. The van der Waals surface area contributed by atoms with Gasteiger partial charge in [-0.1, -0.05) is 48.5 Å². The van der Waals surface area contributed by atoms with E-state index in [-0.39, 0.29) is 18.0 Å². The Morgan fingerprint density at radius 1 is 1.20 bits per heavy atom. The van der Waals surface area contributed by atoms with Gasteiger partial charge < -0.3 is 5.32 Å². The molecule has 1 N–H and O–H groups in total. The Hall–Kier alpha value is -2.13. The van der Waals surface area contributed by atoms with Crippen LogP contribution in [-0.2, 0) is 17.8 Å². The predicted molar refractivity (Wildman–Crippen MR) is 102 cm³/mol. The van der Waals surface area contributed by atoms with Gasteiger partial charge in [0.05, 0.1) is 12.1 Å². The van der Waals surface area contributed by atoms with Crippen LogP contribution in [0, 0.1) is 6.92 Å². The van der Waals surface area contributed by atoms with E-state index < -0.39 is 0 Å². The van der Waals surface area contributed by atoms with Crippen molar-refractivity contribution in [1.82, 2.24) is 10.2 Å². The van der Waals surface area contributed by atoms with Crippen molar-refractivity contribution in [2.24, 2.45) is 0 Å². The summed E-state index contributed by atoms with van der Waals surface area (Å²) in [5.41, 5.74) is 5.20. The lowest BCUT2D eigenvalue weighted by Crippen LogP contribution is -2.44. The topological polar surface area (TPSA) is 32.3 Å². The average molecular weight is 336 g/mol. The molecule has 0 aromatic heterocycles. The Kier molecular flexibility index (Phi) is 5.54. The van der Waals surface area contributed by atoms with Crippen LogP contribution in [0.25, 0.3) is 0 Å². The Morgan fingerprint density at radius 2 is 1.92 bits per heavy atom. The van der Waals surface area contributed by atoms with Gasteiger partial charge in [0.2, 0.25) is 5.91 Å². The van der Waals surface area contributed by atoms with E-state index in [1.54, 1.807) is 0 Å². The summed E-state index contributed by atoms with van der Waals surface area (Å²) < 4.78 is 0. The second-order valence-corrected chi connectivity index (χ2v) is 7.17. The number of nitrogens with one attached hydrogen (secondary N) is 1. The zero-order chi connectivity index (χ0) is 17.8. The molecule has 0 heterocycles. The highest BCUT2D eigenvalue weighted by Gasteiger charge is 2.25. The first-order valence-electron chi connectivity index (χ1n) is 9.19. The number of benzene rings is 2. The van der Waals surface area contributed by atoms with Crippen molar-refractivity contribution in [1.29, 1.82) is 0 Å². The van der Waals surface area contributed by atoms with Crippen LogP contribution in [0.15, 0.2) is 48.5 Å². The summed E-state index contributed by atoms with van der Waals surface area (Å²) in [5.74, 6) is 0.109. The van der Waals surface area contributed by atoms with Crippen LogP contribution >= 0.6 is 0 Å². The van der Waals surface area contributed by atoms with Gasteiger partial charge in [-0.05, 0) is 62.4 Å². The van der Waals surface area contributed by atoms with Crippen LogP contribution in [0.3, 0.4) is 0 Å². The Balaban J connectivity index is 1.64. The number of rotatable bonds is 5. The average Bonchev–Trinajstić information content (AvgIpc) is 2.63. The van der Waals surface area contributed by atoms with E-state index in [9.17, 15) is 4.79 Å². The summed E-state index contributed by atoms with van der Waals surface area (Å²) in [4.78, 5) is 14.9. The minimum Gasteiger partial charge on any atom is -0.348 e. The number of hydrogen-bond donors (Lipinski definition) is 1. The fourth-order valence-electron chi connectivity index (χ4n) is 3.59. The lowest BCUT2D eigenvalue weighted by Gasteiger charge is -2.30. The minimum absolute atomic E-state index is 0.109. The highest BCUT2D eigenvalue weighted by atomic mass is 16.2. The standard InChI is InChI=1S/C22H28N2O/c1-16-9-4-5-11-19(16)15-24(3)17(2)22(25)23-21-14-8-12-18-10-6-7-13-20(18)21/h4-7,9-11,13,17,21H,8,12,14-15H2,1-3H3,(H,23,25)/t17-,21+/m1/s1. The summed E-state index contributed by atoms with van der Waals surface area (Å²) in [6, 6.07) is 16.8. The highest BCUT2D eigenvalue weighted by Crippen LogP contribution is 2.29. The minimum atomic E-state index is -0.159. The summed E-state index contributed by atoms with van der Waals surface area (Å²) in [5, 5.41) is 3.28. The maximum Gasteiger partial charge on any atom is 0.237 e. The van der Waals surface area contributed by atoms with Gasteiger partial charge in [-0.2, -0.15) is 0 Å². The number of fused-ring (bicyclic) bond motifs is 1. The van der Waals surface area contributed by atoms with Gasteiger partial charge in [0.1, 0.15) is 0 Å². The zero-order valence-corrected chi connectivity index (χ0v) is 15.5. The summed E-state index contributed by atoms with van der Waals surface area (Å²) >= 11 is 0. The Bertz CT molecular complexity index is 740. The number of aryl methyl sites for hydroxylation is 2. The third-order valence-electron chi connectivity index (χ3n) is 5.41. The molecular weight excluding hydrogens is 308 g/mol. The van der Waals surface area contributed by atoms with E-state index >= 15 is 0 Å². The molecule has 0 spiro atoms. The summed E-state index contributed by atoms with van der Waals surface area (Å²) in [6.07, 6.45) is 3.28. The first-order chi connectivity index (χ1) is 12.1. The zero-order valence-electron chi connectivity index (χ0n) is 15.5. The monoisotopic (exact) mass is 336 g/mol. The van der Waals surface area contributed by atoms with Crippen LogP contribution in [0.1, 0.15) is 48.1 Å². The lowest BCUT2D eigenvalue weighted by molar-refractivity contribution is -0.126. The van der Waals surface area contributed by atoms with Crippen LogP contribution in [0.4, 0.5) is 0 Å². The van der Waals surface area contributed by atoms with Gasteiger partial charge in [-0.15, -0.1) is 0 Å². The third-order valence-corrected chi connectivity index (χ3v) is 5.41. The molecule has 2 aromatic carbocycles. The van der Waals surface area contributed by atoms with Crippen LogP contribution < -0.4 is 5.32 Å². The second-order valence-electron chi connectivity index (χ2n) is 7.17. The highest BCUT2D eigenvalue weighted by molar-refractivity contribution is 5.81. The van der Waals surface area contributed by atoms with Gasteiger partial charge in [-0.3, -0.25) is 9.69 Å². The van der Waals surface area contributed by atoms with E-state index in [2.05, 4.69) is 65.7 Å². The molecule has 1 aliphatic carbocycles. The fourth-order valence-corrected chi connectivity index (χ4v) is 3.59. The molecular formula is C22H28N2O. The Morgan fingerprint density at radius 3 is 2.72 bits per heavy atom. The smallest absolute Gasteiger partial charge is 0.237 e. The quantitative estimate of drug-likeness (QED) is 0.895. The molecule has 3 rings (SSSR count). The molecule has 1 amide bonds. The van der Waals surface area contributed by atoms with E-state index in [0.717, 1.165) is 25.8 Å². The van der Waals surface area contributed by atoms with Crippen molar-refractivity contribution >= 4 is 5.91 Å². The van der Waals surface area contributed by atoms with Crippen LogP contribution in [-0.4, -0.2) is 23.9 Å². The molecule has 3 heteroatoms. The van der Waals surface area contributed by atoms with Gasteiger partial charge in [0.15, 0.2) is 0 Å². The van der Waals surface area contributed by atoms with E-state index in [4.69, 9.17) is 0 Å². The first kappa shape index (κ1) is 17.7. The van der Waals surface area contributed by atoms with Gasteiger partial charge in [0.25, 0.3) is 0 Å². The SMILES string of the molecule is Cc1ccccc1CN(C)[C@H](C)C(=O)N[C@H]1CCCc2ccccc21. The normalized spacial score (nSPS) is 17.8. The molecule has 2 atom stereocenters. The van der Waals surface area contributed by atoms with Gasteiger partial charge in [-0.25, -0.2) is 0 Å². The number of carbonyl (C=O) groups is 1. The van der Waals surface area contributed by atoms with E-state index in [1.165, 1.54) is 22.3 Å². The molecule has 0 unspecified atom stereocenters. The molecule has 0 saturated carbocycles. The molecule has 132 valence electrons. The second kappa shape index (κ2) is 7.83. The van der Waals surface area contributed by atoms with E-state index in [0.29, 0.717) is 0 Å². The maximum absolute atomic E-state index is 12.8. The lowest BCUT2D eigenvalue weighted by atomic mass is 9.87. The Labute approximate surface area is 151 Å². The molecule has 0 saturated heterocycles.